The third kappa shape index (κ3) is 6.36. The minimum Gasteiger partial charge on any atom is -0.497 e. The lowest BCUT2D eigenvalue weighted by atomic mass is 10.2. The Balaban J connectivity index is 1.68. The average Bonchev–Trinajstić information content (AvgIpc) is 3.07. The van der Waals surface area contributed by atoms with Crippen LogP contribution in [0.5, 0.6) is 17.2 Å². The minimum absolute atomic E-state index is 0.154. The maximum absolute atomic E-state index is 12.5. The van der Waals surface area contributed by atoms with Gasteiger partial charge in [-0.3, -0.25) is 14.5 Å². The second-order valence-corrected chi connectivity index (χ2v) is 8.46. The van der Waals surface area contributed by atoms with Crippen molar-refractivity contribution >= 4 is 51.9 Å². The van der Waals surface area contributed by atoms with Gasteiger partial charge in [0, 0.05) is 12.2 Å². The Kier molecular flexibility index (Phi) is 8.51. The van der Waals surface area contributed by atoms with Crippen LogP contribution in [0.15, 0.2) is 60.0 Å². The molecule has 0 spiro atoms. The molecule has 33 heavy (non-hydrogen) atoms. The van der Waals surface area contributed by atoms with Gasteiger partial charge in [0.05, 0.1) is 18.6 Å². The highest BCUT2D eigenvalue weighted by atomic mass is 32.2. The van der Waals surface area contributed by atoms with Crippen LogP contribution in [0.2, 0.25) is 0 Å². The van der Waals surface area contributed by atoms with E-state index in [1.807, 2.05) is 6.92 Å². The van der Waals surface area contributed by atoms with Gasteiger partial charge in [-0.1, -0.05) is 36.1 Å². The van der Waals surface area contributed by atoms with Crippen LogP contribution in [-0.2, 0) is 9.59 Å². The summed E-state index contributed by atoms with van der Waals surface area (Å²) in [6.07, 6.45) is 3.39. The highest BCUT2D eigenvalue weighted by Gasteiger charge is 2.31. The second kappa shape index (κ2) is 11.5. The van der Waals surface area contributed by atoms with Crippen molar-refractivity contribution in [2.45, 2.75) is 6.92 Å². The Morgan fingerprint density at radius 2 is 1.94 bits per heavy atom. The number of ether oxygens (including phenoxy) is 3. The van der Waals surface area contributed by atoms with Gasteiger partial charge in [0.25, 0.3) is 11.8 Å². The summed E-state index contributed by atoms with van der Waals surface area (Å²) in [5.41, 5.74) is 1.39. The summed E-state index contributed by atoms with van der Waals surface area (Å²) in [5.74, 6) is 1.15. The molecule has 0 saturated carbocycles. The molecule has 0 bridgehead atoms. The number of nitrogens with one attached hydrogen (secondary N) is 1. The first kappa shape index (κ1) is 24.3. The molecule has 1 saturated heterocycles. The molecule has 1 fully saturated rings. The van der Waals surface area contributed by atoms with E-state index in [1.165, 1.54) is 16.7 Å². The van der Waals surface area contributed by atoms with E-state index in [2.05, 4.69) is 11.9 Å². The molecular formula is C24H24N2O5S2. The van der Waals surface area contributed by atoms with Crippen LogP contribution in [0.1, 0.15) is 12.5 Å². The number of anilines is 1. The fourth-order valence-corrected chi connectivity index (χ4v) is 4.23. The zero-order valence-electron chi connectivity index (χ0n) is 18.3. The molecule has 1 heterocycles. The average molecular weight is 485 g/mol. The number of carbonyl (C=O) groups is 2. The van der Waals surface area contributed by atoms with E-state index in [4.69, 9.17) is 26.4 Å². The molecule has 7 nitrogen and oxygen atoms in total. The van der Waals surface area contributed by atoms with Crippen molar-refractivity contribution in [1.29, 1.82) is 0 Å². The van der Waals surface area contributed by atoms with Crippen molar-refractivity contribution in [3.05, 3.63) is 65.6 Å². The fourth-order valence-electron chi connectivity index (χ4n) is 2.95. The Morgan fingerprint density at radius 1 is 1.18 bits per heavy atom. The van der Waals surface area contributed by atoms with Crippen molar-refractivity contribution in [3.8, 4) is 17.2 Å². The van der Waals surface area contributed by atoms with E-state index in [0.29, 0.717) is 45.3 Å². The number of hydrogen-bond acceptors (Lipinski definition) is 7. The first-order chi connectivity index (χ1) is 15.9. The second-order valence-electron chi connectivity index (χ2n) is 6.79. The van der Waals surface area contributed by atoms with Gasteiger partial charge in [-0.25, -0.2) is 0 Å². The molecule has 1 N–H and O–H groups in total. The van der Waals surface area contributed by atoms with E-state index in [9.17, 15) is 9.59 Å². The van der Waals surface area contributed by atoms with Gasteiger partial charge in [0.1, 0.15) is 10.1 Å². The summed E-state index contributed by atoms with van der Waals surface area (Å²) in [6, 6.07) is 12.3. The summed E-state index contributed by atoms with van der Waals surface area (Å²) < 4.78 is 17.0. The lowest BCUT2D eigenvalue weighted by Crippen LogP contribution is -2.27. The Morgan fingerprint density at radius 3 is 2.61 bits per heavy atom. The van der Waals surface area contributed by atoms with E-state index >= 15 is 0 Å². The number of nitrogens with zero attached hydrogens (tertiary/aromatic N) is 1. The zero-order valence-corrected chi connectivity index (χ0v) is 20.0. The van der Waals surface area contributed by atoms with Crippen molar-refractivity contribution in [3.63, 3.8) is 0 Å². The molecule has 172 valence electrons. The molecule has 1 aliphatic heterocycles. The molecular weight excluding hydrogens is 460 g/mol. The standard InChI is InChI=1S/C24H24N2O5S2/c1-4-12-26-23(28)21(33-24(26)32)14-16-6-11-19(20(13-16)30-5-2)31-15-22(27)25-17-7-9-18(29-3)10-8-17/h4,6-11,13-14H,1,5,12,15H2,2-3H3,(H,25,27)/b21-14-. The highest BCUT2D eigenvalue weighted by molar-refractivity contribution is 8.26. The lowest BCUT2D eigenvalue weighted by Gasteiger charge is -2.13. The maximum atomic E-state index is 12.5. The monoisotopic (exact) mass is 484 g/mol. The lowest BCUT2D eigenvalue weighted by molar-refractivity contribution is -0.121. The minimum atomic E-state index is -0.308. The van der Waals surface area contributed by atoms with Gasteiger partial charge >= 0.3 is 0 Å². The molecule has 3 rings (SSSR count). The molecule has 2 amide bonds. The van der Waals surface area contributed by atoms with Gasteiger partial charge in [-0.2, -0.15) is 0 Å². The molecule has 9 heteroatoms. The fraction of sp³-hybridized carbons (Fsp3) is 0.208. The number of benzene rings is 2. The molecule has 2 aromatic rings. The van der Waals surface area contributed by atoms with Crippen LogP contribution in [-0.4, -0.2) is 47.9 Å². The highest BCUT2D eigenvalue weighted by Crippen LogP contribution is 2.34. The predicted molar refractivity (Wildman–Crippen MR) is 135 cm³/mol. The molecule has 1 aliphatic rings. The summed E-state index contributed by atoms with van der Waals surface area (Å²) in [6.45, 7) is 6.11. The third-order valence-corrected chi connectivity index (χ3v) is 5.86. The van der Waals surface area contributed by atoms with Crippen molar-refractivity contribution in [2.24, 2.45) is 0 Å². The molecule has 0 aromatic heterocycles. The number of hydrogen-bond donors (Lipinski definition) is 1. The quantitative estimate of drug-likeness (QED) is 0.302. The van der Waals surface area contributed by atoms with Crippen LogP contribution in [0, 0.1) is 0 Å². The van der Waals surface area contributed by atoms with Gasteiger partial charge in [-0.15, -0.1) is 6.58 Å². The molecule has 0 atom stereocenters. The van der Waals surface area contributed by atoms with E-state index in [-0.39, 0.29) is 18.4 Å². The Hall–Kier alpha value is -3.30. The van der Waals surface area contributed by atoms with Crippen LogP contribution in [0.3, 0.4) is 0 Å². The van der Waals surface area contributed by atoms with E-state index in [0.717, 1.165) is 5.56 Å². The molecule has 2 aromatic carbocycles. The van der Waals surface area contributed by atoms with Gasteiger partial charge in [-0.05, 0) is 55.0 Å². The molecule has 0 aliphatic carbocycles. The van der Waals surface area contributed by atoms with Crippen LogP contribution >= 0.6 is 24.0 Å². The summed E-state index contributed by atoms with van der Waals surface area (Å²) >= 11 is 6.52. The molecule has 0 unspecified atom stereocenters. The van der Waals surface area contributed by atoms with Crippen molar-refractivity contribution < 1.29 is 23.8 Å². The number of methoxy groups -OCH3 is 1. The zero-order chi connectivity index (χ0) is 23.8. The summed E-state index contributed by atoms with van der Waals surface area (Å²) in [7, 11) is 1.58. The van der Waals surface area contributed by atoms with Crippen molar-refractivity contribution in [1.82, 2.24) is 4.90 Å². The number of amides is 2. The van der Waals surface area contributed by atoms with Crippen molar-refractivity contribution in [2.75, 3.05) is 32.2 Å². The smallest absolute Gasteiger partial charge is 0.266 e. The topological polar surface area (TPSA) is 77.1 Å². The predicted octanol–water partition coefficient (Wildman–Crippen LogP) is 4.50. The van der Waals surface area contributed by atoms with Gasteiger partial charge in [0.15, 0.2) is 18.1 Å². The number of thiocarbonyl (C=S) groups is 1. The van der Waals surface area contributed by atoms with E-state index in [1.54, 1.807) is 61.7 Å². The number of thioether (sulfide) groups is 1. The van der Waals surface area contributed by atoms with Crippen LogP contribution in [0.25, 0.3) is 6.08 Å². The van der Waals surface area contributed by atoms with Gasteiger partial charge < -0.3 is 19.5 Å². The SMILES string of the molecule is C=CCN1C(=O)/C(=C/c2ccc(OCC(=O)Nc3ccc(OC)cc3)c(OCC)c2)SC1=S. The summed E-state index contributed by atoms with van der Waals surface area (Å²) in [4.78, 5) is 26.8. The van der Waals surface area contributed by atoms with Crippen LogP contribution in [0.4, 0.5) is 5.69 Å². The Labute approximate surface area is 202 Å². The summed E-state index contributed by atoms with van der Waals surface area (Å²) in [5, 5.41) is 2.76. The first-order valence-electron chi connectivity index (χ1n) is 10.1. The Bertz CT molecular complexity index is 1080. The largest absolute Gasteiger partial charge is 0.497 e. The number of carbonyl (C=O) groups excluding carboxylic acids is 2. The van der Waals surface area contributed by atoms with Gasteiger partial charge in [0.2, 0.25) is 0 Å². The number of rotatable bonds is 10. The molecule has 0 radical (unpaired) electrons. The maximum Gasteiger partial charge on any atom is 0.266 e. The first-order valence-corrected chi connectivity index (χ1v) is 11.4. The van der Waals surface area contributed by atoms with Crippen LogP contribution < -0.4 is 19.5 Å². The third-order valence-electron chi connectivity index (χ3n) is 4.48. The van der Waals surface area contributed by atoms with E-state index < -0.39 is 0 Å². The normalized spacial score (nSPS) is 14.4.